The van der Waals surface area contributed by atoms with Gasteiger partial charge in [0.2, 0.25) is 0 Å². The molecule has 2 aliphatic rings. The Labute approximate surface area is 197 Å². The lowest BCUT2D eigenvalue weighted by Gasteiger charge is -2.41. The first-order valence-electron chi connectivity index (χ1n) is 10.9. The molecular weight excluding hydrogens is 441 g/mol. The molecular formula is C26H26FNO4S. The van der Waals surface area contributed by atoms with E-state index in [1.165, 1.54) is 34.4 Å². The summed E-state index contributed by atoms with van der Waals surface area (Å²) in [5.41, 5.74) is 5.07. The Morgan fingerprint density at radius 2 is 1.55 bits per heavy atom. The van der Waals surface area contributed by atoms with E-state index in [2.05, 4.69) is 29.2 Å². The maximum absolute atomic E-state index is 13.6. The maximum Gasteiger partial charge on any atom is 0.180 e. The Balaban J connectivity index is 1.46. The van der Waals surface area contributed by atoms with Gasteiger partial charge in [-0.25, -0.2) is 4.39 Å². The van der Waals surface area contributed by atoms with Gasteiger partial charge >= 0.3 is 0 Å². The van der Waals surface area contributed by atoms with Crippen molar-refractivity contribution in [3.05, 3.63) is 76.6 Å². The van der Waals surface area contributed by atoms with Crippen LogP contribution in [-0.4, -0.2) is 32.8 Å². The Morgan fingerprint density at radius 1 is 0.848 bits per heavy atom. The highest BCUT2D eigenvalue weighted by Gasteiger charge is 2.34. The van der Waals surface area contributed by atoms with Gasteiger partial charge in [0.15, 0.2) is 23.0 Å². The molecule has 0 N–H and O–H groups in total. The summed E-state index contributed by atoms with van der Waals surface area (Å²) in [4.78, 5) is 3.20. The predicted octanol–water partition coefficient (Wildman–Crippen LogP) is 5.59. The molecule has 5 nitrogen and oxygen atoms in total. The van der Waals surface area contributed by atoms with E-state index >= 15 is 0 Å². The third-order valence-electron chi connectivity index (χ3n) is 6.41. The van der Waals surface area contributed by atoms with Gasteiger partial charge in [-0.2, -0.15) is 0 Å². The summed E-state index contributed by atoms with van der Waals surface area (Å²) >= 11 is 1.13. The lowest BCUT2D eigenvalue weighted by molar-refractivity contribution is 0.160. The minimum absolute atomic E-state index is 0.242. The second-order valence-corrected chi connectivity index (χ2v) is 9.05. The molecule has 172 valence electrons. The quantitative estimate of drug-likeness (QED) is 0.440. The zero-order valence-corrected chi connectivity index (χ0v) is 19.7. The molecule has 0 amide bonds. The van der Waals surface area contributed by atoms with E-state index in [-0.39, 0.29) is 11.9 Å². The molecule has 0 radical (unpaired) electrons. The van der Waals surface area contributed by atoms with Gasteiger partial charge in [0, 0.05) is 19.1 Å². The van der Waals surface area contributed by atoms with Crippen LogP contribution >= 0.6 is 12.0 Å². The van der Waals surface area contributed by atoms with E-state index in [1.807, 2.05) is 6.07 Å². The molecule has 0 saturated heterocycles. The fourth-order valence-corrected chi connectivity index (χ4v) is 5.36. The van der Waals surface area contributed by atoms with Gasteiger partial charge in [-0.1, -0.05) is 6.07 Å². The normalized spacial score (nSPS) is 16.9. The first-order valence-corrected chi connectivity index (χ1v) is 11.6. The van der Waals surface area contributed by atoms with Crippen molar-refractivity contribution in [3.63, 3.8) is 0 Å². The van der Waals surface area contributed by atoms with Gasteiger partial charge in [0.25, 0.3) is 0 Å². The molecule has 33 heavy (non-hydrogen) atoms. The molecule has 0 spiro atoms. The molecule has 7 heteroatoms. The molecule has 1 atom stereocenters. The highest BCUT2D eigenvalue weighted by molar-refractivity contribution is 7.95. The van der Waals surface area contributed by atoms with Crippen molar-refractivity contribution in [2.24, 2.45) is 0 Å². The van der Waals surface area contributed by atoms with Crippen LogP contribution in [0.15, 0.2) is 53.4 Å². The first kappa shape index (κ1) is 21.9. The number of methoxy groups -OCH3 is 3. The smallest absolute Gasteiger partial charge is 0.180 e. The average molecular weight is 468 g/mol. The zero-order valence-electron chi connectivity index (χ0n) is 18.9. The second-order valence-electron chi connectivity index (χ2n) is 8.24. The zero-order chi connectivity index (χ0) is 22.9. The van der Waals surface area contributed by atoms with E-state index in [4.69, 9.17) is 18.4 Å². The van der Waals surface area contributed by atoms with Crippen molar-refractivity contribution in [2.75, 3.05) is 27.9 Å². The molecule has 0 aromatic heterocycles. The van der Waals surface area contributed by atoms with Crippen LogP contribution in [0.1, 0.15) is 28.3 Å². The van der Waals surface area contributed by atoms with Gasteiger partial charge < -0.3 is 18.4 Å². The van der Waals surface area contributed by atoms with Crippen LogP contribution in [0.3, 0.4) is 0 Å². The van der Waals surface area contributed by atoms with Crippen LogP contribution in [0.4, 0.5) is 4.39 Å². The van der Waals surface area contributed by atoms with Gasteiger partial charge in [0.05, 0.1) is 38.3 Å². The molecule has 3 aromatic rings. The summed E-state index contributed by atoms with van der Waals surface area (Å²) in [6.45, 7) is 1.84. The molecule has 2 heterocycles. The van der Waals surface area contributed by atoms with Crippen molar-refractivity contribution in [2.45, 2.75) is 30.3 Å². The van der Waals surface area contributed by atoms with Crippen LogP contribution in [0.25, 0.3) is 0 Å². The molecule has 0 saturated carbocycles. The molecule has 2 aliphatic heterocycles. The highest BCUT2D eigenvalue weighted by atomic mass is 32.2. The first-order chi connectivity index (χ1) is 16.1. The van der Waals surface area contributed by atoms with Gasteiger partial charge in [-0.05, 0) is 77.6 Å². The number of benzene rings is 3. The average Bonchev–Trinajstić information content (AvgIpc) is 2.84. The Hall–Kier alpha value is -2.90. The van der Waals surface area contributed by atoms with E-state index in [0.717, 1.165) is 49.5 Å². The molecule has 1 unspecified atom stereocenters. The highest BCUT2D eigenvalue weighted by Crippen LogP contribution is 2.45. The predicted molar refractivity (Wildman–Crippen MR) is 126 cm³/mol. The Kier molecular flexibility index (Phi) is 6.08. The van der Waals surface area contributed by atoms with Crippen LogP contribution in [0, 0.1) is 5.82 Å². The number of hydrogen-bond donors (Lipinski definition) is 0. The topological polar surface area (TPSA) is 40.2 Å². The van der Waals surface area contributed by atoms with E-state index in [9.17, 15) is 4.39 Å². The van der Waals surface area contributed by atoms with Crippen LogP contribution in [0.5, 0.6) is 23.0 Å². The van der Waals surface area contributed by atoms with Gasteiger partial charge in [-0.3, -0.25) is 4.90 Å². The lowest BCUT2D eigenvalue weighted by atomic mass is 9.83. The summed E-state index contributed by atoms with van der Waals surface area (Å²) in [6.07, 6.45) is 1.83. The monoisotopic (exact) mass is 467 g/mol. The van der Waals surface area contributed by atoms with Crippen LogP contribution < -0.4 is 18.4 Å². The third kappa shape index (κ3) is 4.23. The summed E-state index contributed by atoms with van der Waals surface area (Å²) in [5.74, 6) is 2.57. The number of ether oxygens (including phenoxy) is 3. The minimum Gasteiger partial charge on any atom is -0.493 e. The summed E-state index contributed by atoms with van der Waals surface area (Å²) in [5, 5.41) is 0. The van der Waals surface area contributed by atoms with E-state index < -0.39 is 0 Å². The van der Waals surface area contributed by atoms with Crippen molar-refractivity contribution in [3.8, 4) is 23.0 Å². The second kappa shape index (κ2) is 9.15. The summed E-state index contributed by atoms with van der Waals surface area (Å²) < 4.78 is 36.2. The number of rotatable bonds is 6. The van der Waals surface area contributed by atoms with Crippen molar-refractivity contribution >= 4 is 12.0 Å². The van der Waals surface area contributed by atoms with Gasteiger partial charge in [0.1, 0.15) is 5.82 Å². The summed E-state index contributed by atoms with van der Waals surface area (Å²) in [6, 6.07) is 15.0. The maximum atomic E-state index is 13.6. The fraction of sp³-hybridized carbons (Fsp3) is 0.308. The van der Waals surface area contributed by atoms with E-state index in [0.29, 0.717) is 16.4 Å². The largest absolute Gasteiger partial charge is 0.493 e. The molecule has 3 aromatic carbocycles. The Morgan fingerprint density at radius 3 is 2.27 bits per heavy atom. The Bertz CT molecular complexity index is 1190. The standard InChI is InChI=1S/C26H26FNO4S/c1-29-23-11-17-9-22-21-14-26(32-33-20-6-4-5-19(27)13-20)25(31-3)10-16(21)7-8-28(22)15-18(17)12-24(23)30-2/h4-6,10-14,22H,7-9,15H2,1-3H3. The molecule has 0 bridgehead atoms. The van der Waals surface area contributed by atoms with Crippen molar-refractivity contribution < 1.29 is 22.8 Å². The molecule has 0 fully saturated rings. The van der Waals surface area contributed by atoms with Crippen molar-refractivity contribution in [1.82, 2.24) is 4.90 Å². The third-order valence-corrected chi connectivity index (χ3v) is 7.12. The van der Waals surface area contributed by atoms with Crippen LogP contribution in [0.2, 0.25) is 0 Å². The minimum atomic E-state index is -0.287. The number of hydrogen-bond acceptors (Lipinski definition) is 6. The lowest BCUT2D eigenvalue weighted by Crippen LogP contribution is -2.39. The molecule has 5 rings (SSSR count). The van der Waals surface area contributed by atoms with Crippen LogP contribution in [-0.2, 0) is 19.4 Å². The SMILES string of the molecule is COc1cc2c(cc1OC)CN1CCc3cc(OC)c(OSc4cccc(F)c4)cc3C1C2. The molecule has 0 aliphatic carbocycles. The van der Waals surface area contributed by atoms with E-state index in [1.54, 1.807) is 27.4 Å². The number of nitrogens with zero attached hydrogens (tertiary/aromatic N) is 1. The fourth-order valence-electron chi connectivity index (χ4n) is 4.75. The van der Waals surface area contributed by atoms with Crippen molar-refractivity contribution in [1.29, 1.82) is 0 Å². The number of fused-ring (bicyclic) bond motifs is 4. The van der Waals surface area contributed by atoms with Gasteiger partial charge in [-0.15, -0.1) is 0 Å². The number of halogens is 1. The summed E-state index contributed by atoms with van der Waals surface area (Å²) in [7, 11) is 4.98.